The molecular formula is C46H25N5O2. The molecular weight excluding hydrogens is 655 g/mol. The summed E-state index contributed by atoms with van der Waals surface area (Å²) >= 11 is 0. The first-order valence-electron chi connectivity index (χ1n) is 17.3. The van der Waals surface area contributed by atoms with Crippen LogP contribution in [0.5, 0.6) is 0 Å². The number of para-hydroxylation sites is 3. The normalized spacial score (nSPS) is 11.8. The van der Waals surface area contributed by atoms with Gasteiger partial charge in [0.1, 0.15) is 28.5 Å². The summed E-state index contributed by atoms with van der Waals surface area (Å²) in [5.74, 6) is 1.53. The van der Waals surface area contributed by atoms with Crippen LogP contribution >= 0.6 is 0 Å². The lowest BCUT2D eigenvalue weighted by Gasteiger charge is -2.14. The largest absolute Gasteiger partial charge is 0.456 e. The SMILES string of the molecule is N#Cc1cc(-c2nc(-c3ccccc3)nc(-c3ccccc3)n2)c2c(oc3ccccc32)c1-n1c2ccccc2c2cc3oc4ccccc4c3cc21. The molecule has 0 bridgehead atoms. The minimum Gasteiger partial charge on any atom is -0.456 e. The van der Waals surface area contributed by atoms with Gasteiger partial charge >= 0.3 is 0 Å². The van der Waals surface area contributed by atoms with Gasteiger partial charge in [-0.15, -0.1) is 0 Å². The predicted octanol–water partition coefficient (Wildman–Crippen LogP) is 11.6. The maximum atomic E-state index is 11.0. The van der Waals surface area contributed by atoms with Crippen molar-refractivity contribution in [1.29, 1.82) is 5.26 Å². The summed E-state index contributed by atoms with van der Waals surface area (Å²) in [4.78, 5) is 15.1. The number of benzene rings is 7. The zero-order valence-corrected chi connectivity index (χ0v) is 28.0. The zero-order chi connectivity index (χ0) is 35.0. The number of furan rings is 2. The lowest BCUT2D eigenvalue weighted by molar-refractivity contribution is 0.666. The number of hydrogen-bond acceptors (Lipinski definition) is 6. The molecule has 0 fully saturated rings. The Balaban J connectivity index is 1.27. The third-order valence-corrected chi connectivity index (χ3v) is 10.1. The summed E-state index contributed by atoms with van der Waals surface area (Å²) in [7, 11) is 0. The van der Waals surface area contributed by atoms with Gasteiger partial charge in [0.2, 0.25) is 0 Å². The van der Waals surface area contributed by atoms with E-state index >= 15 is 0 Å². The second kappa shape index (κ2) is 11.2. The molecule has 0 aliphatic carbocycles. The Labute approximate surface area is 301 Å². The van der Waals surface area contributed by atoms with E-state index in [9.17, 15) is 5.26 Å². The smallest absolute Gasteiger partial charge is 0.164 e. The predicted molar refractivity (Wildman–Crippen MR) is 210 cm³/mol. The van der Waals surface area contributed by atoms with Gasteiger partial charge in [0.05, 0.1) is 16.6 Å². The number of fused-ring (bicyclic) bond motifs is 9. The molecule has 4 heterocycles. The minimum atomic E-state index is 0.425. The van der Waals surface area contributed by atoms with E-state index in [1.54, 1.807) is 0 Å². The second-order valence-corrected chi connectivity index (χ2v) is 13.1. The number of hydrogen-bond donors (Lipinski definition) is 0. The molecule has 7 aromatic carbocycles. The van der Waals surface area contributed by atoms with E-state index in [4.69, 9.17) is 23.8 Å². The van der Waals surface area contributed by atoms with Crippen molar-refractivity contribution in [3.05, 3.63) is 157 Å². The molecule has 7 heteroatoms. The second-order valence-electron chi connectivity index (χ2n) is 13.1. The highest BCUT2D eigenvalue weighted by Gasteiger charge is 2.26. The topological polar surface area (TPSA) is 93.7 Å². The molecule has 4 aromatic heterocycles. The quantitative estimate of drug-likeness (QED) is 0.184. The maximum Gasteiger partial charge on any atom is 0.164 e. The Bertz CT molecular complexity index is 3240. The van der Waals surface area contributed by atoms with Crippen molar-refractivity contribution in [3.63, 3.8) is 0 Å². The van der Waals surface area contributed by atoms with Crippen molar-refractivity contribution in [1.82, 2.24) is 19.5 Å². The van der Waals surface area contributed by atoms with E-state index in [1.807, 2.05) is 121 Å². The highest BCUT2D eigenvalue weighted by molar-refractivity contribution is 6.20. The fourth-order valence-electron chi connectivity index (χ4n) is 7.73. The lowest BCUT2D eigenvalue weighted by atomic mass is 10.00. The van der Waals surface area contributed by atoms with E-state index in [-0.39, 0.29) is 0 Å². The fourth-order valence-corrected chi connectivity index (χ4v) is 7.73. The molecule has 0 N–H and O–H groups in total. The molecule has 0 atom stereocenters. The maximum absolute atomic E-state index is 11.0. The minimum absolute atomic E-state index is 0.425. The van der Waals surface area contributed by atoms with Crippen LogP contribution < -0.4 is 0 Å². The van der Waals surface area contributed by atoms with Crippen molar-refractivity contribution in [3.8, 4) is 45.9 Å². The van der Waals surface area contributed by atoms with Gasteiger partial charge in [-0.25, -0.2) is 15.0 Å². The van der Waals surface area contributed by atoms with E-state index in [0.717, 1.165) is 65.6 Å². The fraction of sp³-hybridized carbons (Fsp3) is 0. The van der Waals surface area contributed by atoms with E-state index in [0.29, 0.717) is 45.5 Å². The number of nitriles is 1. The van der Waals surface area contributed by atoms with Crippen molar-refractivity contribution in [2.24, 2.45) is 0 Å². The highest BCUT2D eigenvalue weighted by atomic mass is 16.3. The lowest BCUT2D eigenvalue weighted by Crippen LogP contribution is -2.03. The van der Waals surface area contributed by atoms with Gasteiger partial charge in [-0.1, -0.05) is 115 Å². The van der Waals surface area contributed by atoms with Crippen LogP contribution in [-0.4, -0.2) is 19.5 Å². The number of aromatic nitrogens is 4. The first-order chi connectivity index (χ1) is 26.2. The Morgan fingerprint density at radius 1 is 0.472 bits per heavy atom. The van der Waals surface area contributed by atoms with Gasteiger partial charge in [0.25, 0.3) is 0 Å². The molecule has 7 nitrogen and oxygen atoms in total. The molecule has 0 unspecified atom stereocenters. The average Bonchev–Trinajstić information content (AvgIpc) is 3.89. The van der Waals surface area contributed by atoms with E-state index in [1.165, 1.54) is 0 Å². The van der Waals surface area contributed by atoms with E-state index in [2.05, 4.69) is 41.0 Å². The third-order valence-electron chi connectivity index (χ3n) is 10.1. The van der Waals surface area contributed by atoms with Crippen molar-refractivity contribution >= 4 is 65.7 Å². The van der Waals surface area contributed by atoms with Crippen LogP contribution in [0.2, 0.25) is 0 Å². The van der Waals surface area contributed by atoms with Gasteiger partial charge < -0.3 is 13.4 Å². The molecule has 0 radical (unpaired) electrons. The zero-order valence-electron chi connectivity index (χ0n) is 28.0. The molecule has 0 saturated carbocycles. The van der Waals surface area contributed by atoms with Crippen LogP contribution in [0.25, 0.3) is 106 Å². The van der Waals surface area contributed by atoms with Crippen molar-refractivity contribution < 1.29 is 8.83 Å². The standard InChI is InChI=1S/C46H25N5O2/c47-26-29-23-35(46-49-44(27-13-3-1-4-14-27)48-45(50-46)28-15-5-2-6-16-28)41-32-19-9-12-22-39(32)53-43(41)42(29)51-36-20-10-7-17-30(36)33-25-40-34(24-37(33)51)31-18-8-11-21-38(31)52-40/h1-25H. The summed E-state index contributed by atoms with van der Waals surface area (Å²) in [6.07, 6.45) is 0. The Hall–Kier alpha value is -7.56. The van der Waals surface area contributed by atoms with Gasteiger partial charge in [-0.3, -0.25) is 0 Å². The Morgan fingerprint density at radius 3 is 1.75 bits per heavy atom. The molecule has 246 valence electrons. The van der Waals surface area contributed by atoms with Gasteiger partial charge in [0, 0.05) is 49.0 Å². The Kier molecular flexibility index (Phi) is 6.18. The average molecular weight is 680 g/mol. The molecule has 0 saturated heterocycles. The third kappa shape index (κ3) is 4.36. The summed E-state index contributed by atoms with van der Waals surface area (Å²) < 4.78 is 15.3. The van der Waals surface area contributed by atoms with Crippen molar-refractivity contribution in [2.75, 3.05) is 0 Å². The van der Waals surface area contributed by atoms with Crippen LogP contribution in [-0.2, 0) is 0 Å². The monoisotopic (exact) mass is 679 g/mol. The summed E-state index contributed by atoms with van der Waals surface area (Å²) in [6, 6.07) is 52.8. The van der Waals surface area contributed by atoms with Gasteiger partial charge in [-0.05, 0) is 36.4 Å². The van der Waals surface area contributed by atoms with Crippen LogP contribution in [0.4, 0.5) is 0 Å². The Morgan fingerprint density at radius 2 is 1.06 bits per heavy atom. The van der Waals surface area contributed by atoms with Crippen LogP contribution in [0.3, 0.4) is 0 Å². The summed E-state index contributed by atoms with van der Waals surface area (Å²) in [5.41, 5.74) is 8.29. The number of rotatable bonds is 4. The molecule has 11 rings (SSSR count). The highest BCUT2D eigenvalue weighted by Crippen LogP contribution is 2.45. The first-order valence-corrected chi connectivity index (χ1v) is 17.3. The van der Waals surface area contributed by atoms with Crippen LogP contribution in [0.1, 0.15) is 5.56 Å². The van der Waals surface area contributed by atoms with Gasteiger partial charge in [0.15, 0.2) is 23.1 Å². The first kappa shape index (κ1) is 29.2. The molecule has 0 aliphatic rings. The van der Waals surface area contributed by atoms with Crippen LogP contribution in [0.15, 0.2) is 160 Å². The molecule has 0 amide bonds. The van der Waals surface area contributed by atoms with Crippen molar-refractivity contribution in [2.45, 2.75) is 0 Å². The van der Waals surface area contributed by atoms with E-state index < -0.39 is 0 Å². The van der Waals surface area contributed by atoms with Gasteiger partial charge in [-0.2, -0.15) is 5.26 Å². The molecule has 0 aliphatic heterocycles. The van der Waals surface area contributed by atoms with Crippen LogP contribution in [0, 0.1) is 11.3 Å². The molecule has 11 aromatic rings. The summed E-state index contributed by atoms with van der Waals surface area (Å²) in [6.45, 7) is 0. The summed E-state index contributed by atoms with van der Waals surface area (Å²) in [5, 5.41) is 16.8. The molecule has 53 heavy (non-hydrogen) atoms. The molecule has 0 spiro atoms. The number of nitrogens with zero attached hydrogens (tertiary/aromatic N) is 5.